The fourth-order valence-electron chi connectivity index (χ4n) is 2.50. The summed E-state index contributed by atoms with van der Waals surface area (Å²) in [4.78, 5) is 36.8. The standard InChI is InChI=1S/C16H18N2O6/c1-3-4-7-22-14(19)13-9-18(16(21)24-13)10-5-6-11-12(8-10)23-15(20)17(11)2/h5-6,8,13H,3-4,7,9H2,1-2H3/t13-/m1/s1. The first-order valence-electron chi connectivity index (χ1n) is 7.75. The molecule has 0 unspecified atom stereocenters. The van der Waals surface area contributed by atoms with E-state index in [1.54, 1.807) is 25.2 Å². The van der Waals surface area contributed by atoms with Crippen molar-refractivity contribution in [2.75, 3.05) is 18.1 Å². The van der Waals surface area contributed by atoms with Gasteiger partial charge in [-0.15, -0.1) is 0 Å². The highest BCUT2D eigenvalue weighted by Crippen LogP contribution is 2.26. The Morgan fingerprint density at radius 3 is 2.92 bits per heavy atom. The van der Waals surface area contributed by atoms with Crippen molar-refractivity contribution in [1.82, 2.24) is 4.57 Å². The number of ether oxygens (including phenoxy) is 2. The maximum Gasteiger partial charge on any atom is 0.419 e. The summed E-state index contributed by atoms with van der Waals surface area (Å²) >= 11 is 0. The molecule has 8 nitrogen and oxygen atoms in total. The Labute approximate surface area is 137 Å². The molecule has 0 spiro atoms. The van der Waals surface area contributed by atoms with Crippen LogP contribution in [0.25, 0.3) is 11.1 Å². The van der Waals surface area contributed by atoms with E-state index in [-0.39, 0.29) is 6.54 Å². The zero-order valence-corrected chi connectivity index (χ0v) is 13.5. The quantitative estimate of drug-likeness (QED) is 0.612. The van der Waals surface area contributed by atoms with Gasteiger partial charge in [0.1, 0.15) is 0 Å². The van der Waals surface area contributed by atoms with Crippen LogP contribution in [0.5, 0.6) is 0 Å². The molecule has 3 rings (SSSR count). The molecule has 2 heterocycles. The number of nitrogens with zero attached hydrogens (tertiary/aromatic N) is 2. The number of unbranched alkanes of at least 4 members (excludes halogenated alkanes) is 1. The molecule has 1 aliphatic rings. The predicted molar refractivity (Wildman–Crippen MR) is 84.9 cm³/mol. The molecule has 8 heteroatoms. The normalized spacial score (nSPS) is 17.3. The zero-order chi connectivity index (χ0) is 17.3. The topological polar surface area (TPSA) is 91.0 Å². The Kier molecular flexibility index (Phi) is 4.28. The van der Waals surface area contributed by atoms with Crippen LogP contribution >= 0.6 is 0 Å². The van der Waals surface area contributed by atoms with Crippen LogP contribution in [-0.2, 0) is 21.3 Å². The molecule has 0 radical (unpaired) electrons. The second-order valence-electron chi connectivity index (χ2n) is 5.58. The van der Waals surface area contributed by atoms with Crippen LogP contribution in [0.3, 0.4) is 0 Å². The van der Waals surface area contributed by atoms with Crippen molar-refractivity contribution in [2.24, 2.45) is 7.05 Å². The van der Waals surface area contributed by atoms with Crippen molar-refractivity contribution in [1.29, 1.82) is 0 Å². The molecular weight excluding hydrogens is 316 g/mol. The molecule has 1 fully saturated rings. The van der Waals surface area contributed by atoms with Gasteiger partial charge in [0.15, 0.2) is 5.58 Å². The third-order valence-corrected chi connectivity index (χ3v) is 3.90. The van der Waals surface area contributed by atoms with Gasteiger partial charge in [-0.3, -0.25) is 9.47 Å². The maximum atomic E-state index is 12.0. The molecule has 1 aromatic heterocycles. The Bertz CT molecular complexity index is 837. The van der Waals surface area contributed by atoms with Gasteiger partial charge in [-0.05, 0) is 18.6 Å². The van der Waals surface area contributed by atoms with Crippen molar-refractivity contribution in [3.8, 4) is 0 Å². The third-order valence-electron chi connectivity index (χ3n) is 3.90. The maximum absolute atomic E-state index is 12.0. The number of oxazole rings is 1. The lowest BCUT2D eigenvalue weighted by Crippen LogP contribution is -2.29. The van der Waals surface area contributed by atoms with E-state index in [9.17, 15) is 14.4 Å². The number of aryl methyl sites for hydroxylation is 1. The molecular formula is C16H18N2O6. The number of rotatable bonds is 5. The van der Waals surface area contributed by atoms with Crippen molar-refractivity contribution < 1.29 is 23.5 Å². The number of benzene rings is 1. The second-order valence-corrected chi connectivity index (χ2v) is 5.58. The summed E-state index contributed by atoms with van der Waals surface area (Å²) in [7, 11) is 1.60. The summed E-state index contributed by atoms with van der Waals surface area (Å²) in [5.41, 5.74) is 1.47. The van der Waals surface area contributed by atoms with Crippen molar-refractivity contribution in [3.05, 3.63) is 28.7 Å². The molecule has 0 aliphatic carbocycles. The van der Waals surface area contributed by atoms with E-state index < -0.39 is 23.9 Å². The number of hydrogen-bond donors (Lipinski definition) is 0. The number of anilines is 1. The average Bonchev–Trinajstić information content (AvgIpc) is 3.08. The van der Waals surface area contributed by atoms with Crippen LogP contribution in [0.2, 0.25) is 0 Å². The summed E-state index contributed by atoms with van der Waals surface area (Å²) < 4.78 is 16.6. The number of cyclic esters (lactones) is 1. The summed E-state index contributed by atoms with van der Waals surface area (Å²) in [5.74, 6) is -1.03. The molecule has 1 amide bonds. The highest BCUT2D eigenvalue weighted by Gasteiger charge is 2.38. The molecule has 24 heavy (non-hydrogen) atoms. The highest BCUT2D eigenvalue weighted by molar-refractivity contribution is 5.95. The minimum atomic E-state index is -0.951. The molecule has 0 N–H and O–H groups in total. The number of hydrogen-bond acceptors (Lipinski definition) is 6. The largest absolute Gasteiger partial charge is 0.463 e. The van der Waals surface area contributed by atoms with Crippen LogP contribution in [-0.4, -0.2) is 35.9 Å². The lowest BCUT2D eigenvalue weighted by atomic mass is 10.2. The van der Waals surface area contributed by atoms with Gasteiger partial charge in [0.2, 0.25) is 6.10 Å². The van der Waals surface area contributed by atoms with E-state index in [2.05, 4.69) is 0 Å². The first-order valence-corrected chi connectivity index (χ1v) is 7.75. The van der Waals surface area contributed by atoms with Gasteiger partial charge in [0, 0.05) is 13.1 Å². The van der Waals surface area contributed by atoms with Crippen LogP contribution in [0.1, 0.15) is 19.8 Å². The molecule has 0 saturated carbocycles. The van der Waals surface area contributed by atoms with Gasteiger partial charge in [0.25, 0.3) is 0 Å². The van der Waals surface area contributed by atoms with Crippen LogP contribution < -0.4 is 10.7 Å². The van der Waals surface area contributed by atoms with Crippen molar-refractivity contribution in [3.63, 3.8) is 0 Å². The molecule has 1 saturated heterocycles. The lowest BCUT2D eigenvalue weighted by Gasteiger charge is -2.12. The number of fused-ring (bicyclic) bond motifs is 1. The smallest absolute Gasteiger partial charge is 0.419 e. The zero-order valence-electron chi connectivity index (χ0n) is 13.5. The highest BCUT2D eigenvalue weighted by atomic mass is 16.6. The molecule has 0 bridgehead atoms. The monoisotopic (exact) mass is 334 g/mol. The minimum absolute atomic E-state index is 0.0619. The predicted octanol–water partition coefficient (Wildman–Crippen LogP) is 1.80. The van der Waals surface area contributed by atoms with Gasteiger partial charge in [0.05, 0.1) is 24.4 Å². The van der Waals surface area contributed by atoms with E-state index in [0.29, 0.717) is 23.4 Å². The molecule has 2 aromatic rings. The van der Waals surface area contributed by atoms with E-state index in [4.69, 9.17) is 13.9 Å². The lowest BCUT2D eigenvalue weighted by molar-refractivity contribution is -0.151. The van der Waals surface area contributed by atoms with Crippen LogP contribution in [0.4, 0.5) is 10.5 Å². The van der Waals surface area contributed by atoms with Gasteiger partial charge in [-0.25, -0.2) is 14.4 Å². The van der Waals surface area contributed by atoms with Gasteiger partial charge in [-0.1, -0.05) is 13.3 Å². The average molecular weight is 334 g/mol. The summed E-state index contributed by atoms with van der Waals surface area (Å²) in [6.45, 7) is 2.36. The molecule has 1 aromatic carbocycles. The van der Waals surface area contributed by atoms with Crippen LogP contribution in [0, 0.1) is 0 Å². The first kappa shape index (κ1) is 16.1. The molecule has 1 atom stereocenters. The Morgan fingerprint density at radius 1 is 1.38 bits per heavy atom. The van der Waals surface area contributed by atoms with Gasteiger partial charge in [-0.2, -0.15) is 0 Å². The van der Waals surface area contributed by atoms with E-state index in [1.165, 1.54) is 9.47 Å². The van der Waals surface area contributed by atoms with E-state index in [1.807, 2.05) is 6.92 Å². The summed E-state index contributed by atoms with van der Waals surface area (Å²) in [5, 5.41) is 0. The van der Waals surface area contributed by atoms with Crippen molar-refractivity contribution in [2.45, 2.75) is 25.9 Å². The first-order chi connectivity index (χ1) is 11.5. The molecule has 1 aliphatic heterocycles. The van der Waals surface area contributed by atoms with E-state index in [0.717, 1.165) is 12.8 Å². The number of aromatic nitrogens is 1. The number of esters is 1. The van der Waals surface area contributed by atoms with E-state index >= 15 is 0 Å². The fraction of sp³-hybridized carbons (Fsp3) is 0.438. The summed E-state index contributed by atoms with van der Waals surface area (Å²) in [6, 6.07) is 4.92. The minimum Gasteiger partial charge on any atom is -0.463 e. The third kappa shape index (κ3) is 2.86. The van der Waals surface area contributed by atoms with Crippen molar-refractivity contribution >= 4 is 28.8 Å². The number of amides is 1. The van der Waals surface area contributed by atoms with Crippen LogP contribution in [0.15, 0.2) is 27.4 Å². The number of carbonyl (C=O) groups is 2. The SMILES string of the molecule is CCCCOC(=O)[C@H]1CN(c2ccc3c(c2)oc(=O)n3C)C(=O)O1. The Hall–Kier alpha value is -2.77. The van der Waals surface area contributed by atoms with Gasteiger partial charge < -0.3 is 13.9 Å². The van der Waals surface area contributed by atoms with Gasteiger partial charge >= 0.3 is 17.8 Å². The summed E-state index contributed by atoms with van der Waals surface area (Å²) in [6.07, 6.45) is 0.0873. The fourth-order valence-corrected chi connectivity index (χ4v) is 2.50. The molecule has 128 valence electrons. The Morgan fingerprint density at radius 2 is 2.17 bits per heavy atom. The number of carbonyl (C=O) groups excluding carboxylic acids is 2. The second kappa shape index (κ2) is 6.38. The Balaban J connectivity index is 1.76.